The molecule has 4 heteroatoms. The molecule has 0 unspecified atom stereocenters. The fraction of sp³-hybridized carbons (Fsp3) is 0.909. The first-order valence-corrected chi connectivity index (χ1v) is 6.31. The highest BCUT2D eigenvalue weighted by Gasteiger charge is 2.63. The maximum Gasteiger partial charge on any atom is 0.309 e. The first kappa shape index (κ1) is 10.2. The van der Waals surface area contributed by atoms with Gasteiger partial charge in [-0.25, -0.2) is 0 Å². The summed E-state index contributed by atoms with van der Waals surface area (Å²) in [6, 6.07) is 0. The van der Waals surface area contributed by atoms with Crippen LogP contribution >= 0.6 is 23.2 Å². The van der Waals surface area contributed by atoms with Crippen LogP contribution in [0.25, 0.3) is 0 Å². The van der Waals surface area contributed by atoms with Gasteiger partial charge >= 0.3 is 5.97 Å². The van der Waals surface area contributed by atoms with Gasteiger partial charge in [-0.2, -0.15) is 0 Å². The lowest BCUT2D eigenvalue weighted by atomic mass is 9.49. The molecule has 4 aliphatic rings. The molecule has 0 radical (unpaired) electrons. The van der Waals surface area contributed by atoms with Crippen LogP contribution in [0, 0.1) is 23.2 Å². The Bertz CT molecular complexity index is 309. The molecule has 15 heavy (non-hydrogen) atoms. The highest BCUT2D eigenvalue weighted by molar-refractivity contribution is 6.49. The summed E-state index contributed by atoms with van der Waals surface area (Å²) in [5, 5.41) is 9.36. The fourth-order valence-corrected chi connectivity index (χ4v) is 4.83. The van der Waals surface area contributed by atoms with Gasteiger partial charge in [0.2, 0.25) is 0 Å². The molecule has 0 aromatic carbocycles. The molecular formula is C11H14Cl2O2. The van der Waals surface area contributed by atoms with Crippen LogP contribution in [0.5, 0.6) is 0 Å². The van der Waals surface area contributed by atoms with Crippen LogP contribution in [0.15, 0.2) is 0 Å². The van der Waals surface area contributed by atoms with E-state index >= 15 is 0 Å². The van der Waals surface area contributed by atoms with E-state index in [1.54, 1.807) is 0 Å². The summed E-state index contributed by atoms with van der Waals surface area (Å²) in [5.41, 5.74) is -0.496. The number of aliphatic carboxylic acids is 1. The molecule has 0 aromatic heterocycles. The molecular weight excluding hydrogens is 235 g/mol. The molecule has 0 spiro atoms. The second-order valence-electron chi connectivity index (χ2n) is 5.60. The van der Waals surface area contributed by atoms with Crippen LogP contribution in [-0.2, 0) is 4.79 Å². The van der Waals surface area contributed by atoms with E-state index in [4.69, 9.17) is 23.2 Å². The number of carboxylic acid groups (broad SMARTS) is 1. The van der Waals surface area contributed by atoms with Gasteiger partial charge in [0.05, 0.1) is 5.41 Å². The Morgan fingerprint density at radius 2 is 1.67 bits per heavy atom. The normalized spacial score (nSPS) is 50.7. The minimum Gasteiger partial charge on any atom is -0.481 e. The Balaban J connectivity index is 2.00. The monoisotopic (exact) mass is 248 g/mol. The Hall–Kier alpha value is 0.0500. The summed E-state index contributed by atoms with van der Waals surface area (Å²) < 4.78 is -0.657. The number of hydrogen-bond donors (Lipinski definition) is 1. The van der Waals surface area contributed by atoms with Crippen molar-refractivity contribution in [3.05, 3.63) is 0 Å². The summed E-state index contributed by atoms with van der Waals surface area (Å²) in [7, 11) is 0. The van der Waals surface area contributed by atoms with Crippen LogP contribution < -0.4 is 0 Å². The first-order valence-electron chi connectivity index (χ1n) is 5.55. The number of halogens is 2. The molecule has 4 aliphatic carbocycles. The Morgan fingerprint density at radius 3 is 2.13 bits per heavy atom. The maximum absolute atomic E-state index is 11.4. The molecule has 4 fully saturated rings. The lowest BCUT2D eigenvalue weighted by Crippen LogP contribution is -2.58. The lowest BCUT2D eigenvalue weighted by Gasteiger charge is -2.59. The number of carbonyl (C=O) groups is 1. The van der Waals surface area contributed by atoms with Crippen molar-refractivity contribution >= 4 is 29.2 Å². The number of alkyl halides is 2. The molecule has 4 bridgehead atoms. The van der Waals surface area contributed by atoms with Crippen molar-refractivity contribution in [1.29, 1.82) is 0 Å². The molecule has 2 nitrogen and oxygen atoms in total. The van der Waals surface area contributed by atoms with Crippen LogP contribution in [0.3, 0.4) is 0 Å². The molecule has 4 saturated carbocycles. The highest BCUT2D eigenvalue weighted by atomic mass is 35.5. The van der Waals surface area contributed by atoms with E-state index in [0.29, 0.717) is 18.8 Å². The minimum absolute atomic E-state index is 0.197. The lowest BCUT2D eigenvalue weighted by molar-refractivity contribution is -0.165. The second-order valence-corrected chi connectivity index (χ2v) is 7.05. The van der Waals surface area contributed by atoms with Crippen molar-refractivity contribution in [3.8, 4) is 0 Å². The summed E-state index contributed by atoms with van der Waals surface area (Å²) in [4.78, 5) is 11.4. The zero-order chi connectivity index (χ0) is 10.8. The number of carboxylic acids is 1. The van der Waals surface area contributed by atoms with Gasteiger partial charge in [0.1, 0.15) is 4.33 Å². The molecule has 1 N–H and O–H groups in total. The molecule has 0 saturated heterocycles. The van der Waals surface area contributed by atoms with Crippen LogP contribution in [0.2, 0.25) is 0 Å². The van der Waals surface area contributed by atoms with Crippen molar-refractivity contribution in [2.45, 2.75) is 36.4 Å². The van der Waals surface area contributed by atoms with E-state index in [9.17, 15) is 9.90 Å². The number of hydrogen-bond acceptors (Lipinski definition) is 1. The van der Waals surface area contributed by atoms with E-state index < -0.39 is 15.7 Å². The van der Waals surface area contributed by atoms with Crippen molar-refractivity contribution < 1.29 is 9.90 Å². The van der Waals surface area contributed by atoms with E-state index in [-0.39, 0.29) is 11.8 Å². The zero-order valence-electron chi connectivity index (χ0n) is 8.38. The summed E-state index contributed by atoms with van der Waals surface area (Å²) in [6.45, 7) is 0. The smallest absolute Gasteiger partial charge is 0.309 e. The van der Waals surface area contributed by atoms with Crippen molar-refractivity contribution in [2.75, 3.05) is 0 Å². The Kier molecular flexibility index (Phi) is 1.93. The van der Waals surface area contributed by atoms with E-state index in [1.807, 2.05) is 0 Å². The van der Waals surface area contributed by atoms with Gasteiger partial charge in [0.15, 0.2) is 0 Å². The third-order valence-electron chi connectivity index (χ3n) is 4.73. The van der Waals surface area contributed by atoms with Gasteiger partial charge in [0.25, 0.3) is 0 Å². The topological polar surface area (TPSA) is 37.3 Å². The second kappa shape index (κ2) is 2.84. The standard InChI is InChI=1S/C11H14Cl2O2/c12-11(13)7-1-6-2-8(11)5-10(3-6,4-7)9(14)15/h6-8H,1-5H2,(H,14,15)/t6?,7-,8-,10?/m0/s1. The molecule has 4 rings (SSSR count). The highest BCUT2D eigenvalue weighted by Crippen LogP contribution is 2.66. The average molecular weight is 249 g/mol. The van der Waals surface area contributed by atoms with Gasteiger partial charge in [-0.15, -0.1) is 23.2 Å². The third-order valence-corrected chi connectivity index (χ3v) is 5.97. The quantitative estimate of drug-likeness (QED) is 0.725. The molecule has 0 aromatic rings. The van der Waals surface area contributed by atoms with Gasteiger partial charge < -0.3 is 5.11 Å². The van der Waals surface area contributed by atoms with Crippen molar-refractivity contribution in [3.63, 3.8) is 0 Å². The van der Waals surface area contributed by atoms with E-state index in [0.717, 1.165) is 19.3 Å². The first-order chi connectivity index (χ1) is 6.94. The zero-order valence-corrected chi connectivity index (χ0v) is 9.89. The van der Waals surface area contributed by atoms with Crippen molar-refractivity contribution in [1.82, 2.24) is 0 Å². The third kappa shape index (κ3) is 1.21. The van der Waals surface area contributed by atoms with E-state index in [2.05, 4.69) is 0 Å². The molecule has 84 valence electrons. The summed E-state index contributed by atoms with van der Waals surface area (Å²) in [6.07, 6.45) is 4.26. The number of rotatable bonds is 1. The largest absolute Gasteiger partial charge is 0.481 e. The summed E-state index contributed by atoms with van der Waals surface area (Å²) in [5.74, 6) is 0.307. The fourth-order valence-electron chi connectivity index (χ4n) is 4.16. The maximum atomic E-state index is 11.4. The van der Waals surface area contributed by atoms with Gasteiger partial charge in [-0.1, -0.05) is 0 Å². The predicted molar refractivity (Wildman–Crippen MR) is 58.1 cm³/mol. The molecule has 2 atom stereocenters. The van der Waals surface area contributed by atoms with E-state index in [1.165, 1.54) is 0 Å². The SMILES string of the molecule is O=C(O)C12CC3C[C@@H](C1)C(Cl)(Cl)[C@@H](C3)C2. The molecule has 0 aliphatic heterocycles. The Labute approximate surface area is 98.9 Å². The van der Waals surface area contributed by atoms with Gasteiger partial charge in [-0.05, 0) is 49.9 Å². The predicted octanol–water partition coefficient (Wildman–Crippen LogP) is 3.07. The van der Waals surface area contributed by atoms with Crippen LogP contribution in [-0.4, -0.2) is 15.4 Å². The average Bonchev–Trinajstić information content (AvgIpc) is 2.13. The van der Waals surface area contributed by atoms with Crippen LogP contribution in [0.4, 0.5) is 0 Å². The van der Waals surface area contributed by atoms with Crippen LogP contribution in [0.1, 0.15) is 32.1 Å². The minimum atomic E-state index is -0.657. The van der Waals surface area contributed by atoms with Gasteiger partial charge in [0, 0.05) is 0 Å². The Morgan fingerprint density at radius 1 is 1.13 bits per heavy atom. The summed E-state index contributed by atoms with van der Waals surface area (Å²) >= 11 is 12.7. The molecule has 0 heterocycles. The van der Waals surface area contributed by atoms with Crippen molar-refractivity contribution in [2.24, 2.45) is 23.2 Å². The van der Waals surface area contributed by atoms with Gasteiger partial charge in [-0.3, -0.25) is 4.79 Å². The molecule has 0 amide bonds.